The molecule has 2 aromatic carbocycles. The first-order valence-corrected chi connectivity index (χ1v) is 11.5. The average Bonchev–Trinajstić information content (AvgIpc) is 2.84. The maximum atomic E-state index is 11.6. The normalized spacial score (nSPS) is 13.3. The molecule has 5 heteroatoms. The van der Waals surface area contributed by atoms with Crippen molar-refractivity contribution in [2.45, 2.75) is 40.0 Å². The van der Waals surface area contributed by atoms with Crippen LogP contribution in [0.2, 0.25) is 0 Å². The fraction of sp³-hybridized carbons (Fsp3) is 0.455. The predicted molar refractivity (Wildman–Crippen MR) is 110 cm³/mol. The number of hydrogen-bond acceptors (Lipinski definition) is 4. The third-order valence-electron chi connectivity index (χ3n) is 5.05. The molecule has 0 aliphatic carbocycles. The van der Waals surface area contributed by atoms with E-state index in [1.54, 1.807) is 6.92 Å². The predicted octanol–water partition coefficient (Wildman–Crippen LogP) is 4.36. The fourth-order valence-electron chi connectivity index (χ4n) is 3.49. The van der Waals surface area contributed by atoms with Gasteiger partial charge in [-0.3, -0.25) is 0 Å². The average molecular weight is 389 g/mol. The van der Waals surface area contributed by atoms with Gasteiger partial charge in [-0.25, -0.2) is 8.42 Å². The smallest absolute Gasteiger partial charge is 0.150 e. The molecule has 0 amide bonds. The maximum absolute atomic E-state index is 11.6. The zero-order chi connectivity index (χ0) is 19.4. The molecule has 0 atom stereocenters. The summed E-state index contributed by atoms with van der Waals surface area (Å²) in [5, 5.41) is 0. The Morgan fingerprint density at radius 3 is 2.70 bits per heavy atom. The van der Waals surface area contributed by atoms with Crippen molar-refractivity contribution in [3.05, 3.63) is 47.0 Å². The molecule has 0 unspecified atom stereocenters. The third-order valence-corrected chi connectivity index (χ3v) is 6.84. The van der Waals surface area contributed by atoms with Crippen LogP contribution in [0.3, 0.4) is 0 Å². The second kappa shape index (κ2) is 8.34. The van der Waals surface area contributed by atoms with Crippen LogP contribution in [0.15, 0.2) is 30.3 Å². The Morgan fingerprint density at radius 1 is 1.15 bits per heavy atom. The minimum absolute atomic E-state index is 0.175. The molecule has 0 saturated carbocycles. The first-order valence-electron chi connectivity index (χ1n) is 9.66. The lowest BCUT2D eigenvalue weighted by Gasteiger charge is -2.15. The van der Waals surface area contributed by atoms with Crippen molar-refractivity contribution in [2.75, 3.05) is 24.7 Å². The zero-order valence-electron chi connectivity index (χ0n) is 16.4. The lowest BCUT2D eigenvalue weighted by molar-refractivity contribution is 0.315. The van der Waals surface area contributed by atoms with Crippen LogP contribution in [0.1, 0.15) is 37.0 Å². The molecule has 1 heterocycles. The SMILES string of the molecule is CCc1ccc2c(c1)-c1c(C)cc(OCCCS(=O)(=O)CC)cc1CCO2. The van der Waals surface area contributed by atoms with Crippen molar-refractivity contribution < 1.29 is 17.9 Å². The molecule has 0 aromatic heterocycles. The van der Waals surface area contributed by atoms with E-state index < -0.39 is 9.84 Å². The van der Waals surface area contributed by atoms with Crippen LogP contribution >= 0.6 is 0 Å². The summed E-state index contributed by atoms with van der Waals surface area (Å²) >= 11 is 0. The van der Waals surface area contributed by atoms with E-state index in [-0.39, 0.29) is 11.5 Å². The summed E-state index contributed by atoms with van der Waals surface area (Å²) in [5.74, 6) is 2.10. The summed E-state index contributed by atoms with van der Waals surface area (Å²) in [6, 6.07) is 10.5. The number of rotatable bonds is 7. The van der Waals surface area contributed by atoms with Crippen LogP contribution in [0, 0.1) is 6.92 Å². The van der Waals surface area contributed by atoms with Gasteiger partial charge in [0.1, 0.15) is 21.3 Å². The number of fused-ring (bicyclic) bond motifs is 3. The van der Waals surface area contributed by atoms with E-state index in [0.29, 0.717) is 19.6 Å². The van der Waals surface area contributed by atoms with Crippen molar-refractivity contribution in [1.82, 2.24) is 0 Å². The number of ether oxygens (including phenoxy) is 2. The Balaban J connectivity index is 1.82. The summed E-state index contributed by atoms with van der Waals surface area (Å²) in [5.41, 5.74) is 6.06. The Morgan fingerprint density at radius 2 is 1.96 bits per heavy atom. The van der Waals surface area contributed by atoms with E-state index in [1.165, 1.54) is 16.7 Å². The van der Waals surface area contributed by atoms with E-state index >= 15 is 0 Å². The summed E-state index contributed by atoms with van der Waals surface area (Å²) in [6.07, 6.45) is 2.33. The second-order valence-corrected chi connectivity index (χ2v) is 9.47. The Hall–Kier alpha value is -2.01. The molecule has 27 heavy (non-hydrogen) atoms. The molecule has 3 rings (SSSR count). The van der Waals surface area contributed by atoms with E-state index in [9.17, 15) is 8.42 Å². The minimum Gasteiger partial charge on any atom is -0.494 e. The Kier molecular flexibility index (Phi) is 6.10. The summed E-state index contributed by atoms with van der Waals surface area (Å²) < 4.78 is 35.0. The molecule has 0 fully saturated rings. The molecule has 146 valence electrons. The van der Waals surface area contributed by atoms with E-state index in [2.05, 4.69) is 38.1 Å². The highest BCUT2D eigenvalue weighted by molar-refractivity contribution is 7.91. The maximum Gasteiger partial charge on any atom is 0.150 e. The van der Waals surface area contributed by atoms with Gasteiger partial charge in [0.25, 0.3) is 0 Å². The van der Waals surface area contributed by atoms with Gasteiger partial charge in [0.2, 0.25) is 0 Å². The van der Waals surface area contributed by atoms with Crippen LogP contribution in [0.25, 0.3) is 11.1 Å². The quantitative estimate of drug-likeness (QED) is 0.661. The largest absolute Gasteiger partial charge is 0.494 e. The topological polar surface area (TPSA) is 52.6 Å². The lowest BCUT2D eigenvalue weighted by Crippen LogP contribution is -2.12. The number of hydrogen-bond donors (Lipinski definition) is 0. The van der Waals surface area contributed by atoms with Crippen LogP contribution in [0.5, 0.6) is 11.5 Å². The molecule has 1 aliphatic rings. The molecule has 0 spiro atoms. The standard InChI is InChI=1S/C22H28O4S/c1-4-17-7-8-21-20(14-17)22-16(3)13-19(15-18(22)9-11-26-21)25-10-6-12-27(23,24)5-2/h7-8,13-15H,4-6,9-12H2,1-3H3. The first-order chi connectivity index (χ1) is 12.9. The van der Waals surface area contributed by atoms with Gasteiger partial charge in [0.05, 0.1) is 19.0 Å². The van der Waals surface area contributed by atoms with Gasteiger partial charge in [0.15, 0.2) is 0 Å². The highest BCUT2D eigenvalue weighted by atomic mass is 32.2. The molecule has 2 aromatic rings. The third kappa shape index (κ3) is 4.64. The number of aryl methyl sites for hydroxylation is 2. The van der Waals surface area contributed by atoms with Gasteiger partial charge in [-0.2, -0.15) is 0 Å². The molecule has 0 bridgehead atoms. The Labute approximate surface area is 162 Å². The van der Waals surface area contributed by atoms with Gasteiger partial charge in [-0.1, -0.05) is 19.9 Å². The van der Waals surface area contributed by atoms with Crippen molar-refractivity contribution in [2.24, 2.45) is 0 Å². The molecule has 4 nitrogen and oxygen atoms in total. The van der Waals surface area contributed by atoms with Gasteiger partial charge < -0.3 is 9.47 Å². The summed E-state index contributed by atoms with van der Waals surface area (Å²) in [7, 11) is -2.94. The summed E-state index contributed by atoms with van der Waals surface area (Å²) in [4.78, 5) is 0. The van der Waals surface area contributed by atoms with Crippen molar-refractivity contribution in [3.8, 4) is 22.6 Å². The van der Waals surface area contributed by atoms with Crippen LogP contribution < -0.4 is 9.47 Å². The number of benzene rings is 2. The Bertz CT molecular complexity index is 916. The summed E-state index contributed by atoms with van der Waals surface area (Å²) in [6.45, 7) is 6.98. The van der Waals surface area contributed by atoms with E-state index in [4.69, 9.17) is 9.47 Å². The molecule has 1 aliphatic heterocycles. The van der Waals surface area contributed by atoms with E-state index in [0.717, 1.165) is 35.5 Å². The fourth-order valence-corrected chi connectivity index (χ4v) is 4.34. The van der Waals surface area contributed by atoms with Crippen molar-refractivity contribution in [1.29, 1.82) is 0 Å². The minimum atomic E-state index is -2.94. The molecular formula is C22H28O4S. The van der Waals surface area contributed by atoms with Gasteiger partial charge in [-0.05, 0) is 66.3 Å². The number of sulfone groups is 1. The van der Waals surface area contributed by atoms with Crippen molar-refractivity contribution in [3.63, 3.8) is 0 Å². The van der Waals surface area contributed by atoms with Gasteiger partial charge in [-0.15, -0.1) is 0 Å². The van der Waals surface area contributed by atoms with Crippen molar-refractivity contribution >= 4 is 9.84 Å². The van der Waals surface area contributed by atoms with E-state index in [1.807, 2.05) is 6.07 Å². The van der Waals surface area contributed by atoms with Gasteiger partial charge >= 0.3 is 0 Å². The molecule has 0 radical (unpaired) electrons. The highest BCUT2D eigenvalue weighted by Crippen LogP contribution is 2.40. The zero-order valence-corrected chi connectivity index (χ0v) is 17.2. The van der Waals surface area contributed by atoms with Crippen LogP contribution in [-0.4, -0.2) is 33.1 Å². The monoisotopic (exact) mass is 388 g/mol. The molecule has 0 N–H and O–H groups in total. The molecular weight excluding hydrogens is 360 g/mol. The lowest BCUT2D eigenvalue weighted by atomic mass is 9.92. The second-order valence-electron chi connectivity index (χ2n) is 7.00. The van der Waals surface area contributed by atoms with Gasteiger partial charge in [0, 0.05) is 17.7 Å². The first kappa shape index (κ1) is 19.7. The van der Waals surface area contributed by atoms with Crippen LogP contribution in [-0.2, 0) is 22.7 Å². The van der Waals surface area contributed by atoms with Crippen LogP contribution in [0.4, 0.5) is 0 Å². The molecule has 0 saturated heterocycles. The highest BCUT2D eigenvalue weighted by Gasteiger charge is 2.19.